The van der Waals surface area contributed by atoms with Crippen molar-refractivity contribution in [3.05, 3.63) is 36.4 Å². The lowest BCUT2D eigenvalue weighted by Crippen LogP contribution is -1.98. The first kappa shape index (κ1) is 10.8. The minimum absolute atomic E-state index is 0.145. The van der Waals surface area contributed by atoms with E-state index in [2.05, 4.69) is 11.7 Å². The second kappa shape index (κ2) is 3.70. The molecule has 0 aliphatic rings. The fourth-order valence-corrected chi connectivity index (χ4v) is 2.36. The summed E-state index contributed by atoms with van der Waals surface area (Å²) in [7, 11) is -4.25. The van der Waals surface area contributed by atoms with Gasteiger partial charge in [-0.1, -0.05) is 24.3 Å². The van der Waals surface area contributed by atoms with Crippen LogP contribution < -0.4 is 0 Å². The maximum absolute atomic E-state index is 11.2. The molecular weight excluding hydrogens is 226 g/mol. The van der Waals surface area contributed by atoms with E-state index in [0.29, 0.717) is 16.5 Å². The van der Waals surface area contributed by atoms with Gasteiger partial charge in [-0.25, -0.2) is 0 Å². The average Bonchev–Trinajstić information content (AvgIpc) is 2.26. The van der Waals surface area contributed by atoms with Gasteiger partial charge in [-0.2, -0.15) is 8.42 Å². The molecule has 1 N–H and O–H groups in total. The molecule has 0 radical (unpaired) electrons. The molecule has 2 aromatic carbocycles. The Morgan fingerprint density at radius 1 is 1.12 bits per heavy atom. The van der Waals surface area contributed by atoms with Crippen molar-refractivity contribution in [2.24, 2.45) is 4.99 Å². The van der Waals surface area contributed by atoms with Gasteiger partial charge < -0.3 is 0 Å². The zero-order valence-electron chi connectivity index (χ0n) is 8.29. The quantitative estimate of drug-likeness (QED) is 0.642. The third-order valence-electron chi connectivity index (χ3n) is 2.29. The predicted molar refractivity (Wildman–Crippen MR) is 63.0 cm³/mol. The lowest BCUT2D eigenvalue weighted by molar-refractivity contribution is 0.484. The Morgan fingerprint density at radius 2 is 1.75 bits per heavy atom. The number of nitrogens with zero attached hydrogens (tertiary/aromatic N) is 1. The van der Waals surface area contributed by atoms with E-state index in [1.165, 1.54) is 6.07 Å². The molecule has 0 saturated carbocycles. The molecule has 0 heterocycles. The molecule has 0 amide bonds. The largest absolute Gasteiger partial charge is 0.295 e. The summed E-state index contributed by atoms with van der Waals surface area (Å²) in [5, 5.41) is 1.09. The van der Waals surface area contributed by atoms with Gasteiger partial charge in [0.2, 0.25) is 0 Å². The molecule has 0 atom stereocenters. The molecular formula is C11H9NO3S. The molecule has 5 heteroatoms. The molecule has 0 aliphatic heterocycles. The molecule has 0 spiro atoms. The van der Waals surface area contributed by atoms with Crippen LogP contribution >= 0.6 is 0 Å². The smallest absolute Gasteiger partial charge is 0.282 e. The number of rotatable bonds is 2. The highest BCUT2D eigenvalue weighted by Crippen LogP contribution is 2.31. The Labute approximate surface area is 93.0 Å². The maximum Gasteiger partial charge on any atom is 0.295 e. The van der Waals surface area contributed by atoms with Crippen molar-refractivity contribution in [3.8, 4) is 0 Å². The van der Waals surface area contributed by atoms with Crippen molar-refractivity contribution in [2.75, 3.05) is 0 Å². The van der Waals surface area contributed by atoms with E-state index >= 15 is 0 Å². The van der Waals surface area contributed by atoms with E-state index in [-0.39, 0.29) is 4.90 Å². The van der Waals surface area contributed by atoms with Gasteiger partial charge in [0.1, 0.15) is 4.90 Å². The van der Waals surface area contributed by atoms with Crippen LogP contribution in [0.2, 0.25) is 0 Å². The molecule has 2 aromatic rings. The van der Waals surface area contributed by atoms with Crippen LogP contribution in [0.5, 0.6) is 0 Å². The summed E-state index contributed by atoms with van der Waals surface area (Å²) in [6.45, 7) is 3.38. The zero-order chi connectivity index (χ0) is 11.8. The Bertz CT molecular complexity index is 657. The van der Waals surface area contributed by atoms with Gasteiger partial charge in [0.15, 0.2) is 0 Å². The molecule has 0 aliphatic carbocycles. The first-order valence-corrected chi connectivity index (χ1v) is 5.94. The fraction of sp³-hybridized carbons (Fsp3) is 0. The third kappa shape index (κ3) is 1.70. The van der Waals surface area contributed by atoms with Gasteiger partial charge in [0.05, 0.1) is 5.69 Å². The van der Waals surface area contributed by atoms with Crippen LogP contribution in [0.25, 0.3) is 10.8 Å². The number of benzene rings is 2. The first-order chi connectivity index (χ1) is 7.54. The van der Waals surface area contributed by atoms with Crippen molar-refractivity contribution < 1.29 is 13.0 Å². The lowest BCUT2D eigenvalue weighted by Gasteiger charge is -2.05. The van der Waals surface area contributed by atoms with E-state index in [9.17, 15) is 8.42 Å². The highest BCUT2D eigenvalue weighted by atomic mass is 32.2. The molecule has 0 unspecified atom stereocenters. The van der Waals surface area contributed by atoms with Crippen molar-refractivity contribution >= 4 is 33.3 Å². The lowest BCUT2D eigenvalue weighted by atomic mass is 10.1. The van der Waals surface area contributed by atoms with Gasteiger partial charge in [0.25, 0.3) is 10.1 Å². The second-order valence-corrected chi connectivity index (χ2v) is 4.65. The summed E-state index contributed by atoms with van der Waals surface area (Å²) in [5.41, 5.74) is 0.436. The van der Waals surface area contributed by atoms with Crippen LogP contribution in [-0.4, -0.2) is 19.7 Å². The van der Waals surface area contributed by atoms with Gasteiger partial charge in [-0.15, -0.1) is 0 Å². The standard InChI is InChI=1S/C11H9NO3S/c1-12-9-6-2-4-8-5-3-7-10(11(8)9)16(13,14)15/h2-7H,1H2,(H,13,14,15). The van der Waals surface area contributed by atoms with E-state index < -0.39 is 10.1 Å². The molecule has 0 aromatic heterocycles. The average molecular weight is 235 g/mol. The summed E-state index contributed by atoms with van der Waals surface area (Å²) < 4.78 is 31.5. The Kier molecular flexibility index (Phi) is 2.49. The maximum atomic E-state index is 11.2. The topological polar surface area (TPSA) is 66.7 Å². The van der Waals surface area contributed by atoms with Crippen LogP contribution in [0.1, 0.15) is 0 Å². The van der Waals surface area contributed by atoms with E-state index in [0.717, 1.165) is 0 Å². The number of aliphatic imine (C=N–C) groups is 1. The predicted octanol–water partition coefficient (Wildman–Crippen LogP) is 2.42. The van der Waals surface area contributed by atoms with Crippen LogP contribution in [0, 0.1) is 0 Å². The molecule has 4 nitrogen and oxygen atoms in total. The molecule has 82 valence electrons. The van der Waals surface area contributed by atoms with Gasteiger partial charge >= 0.3 is 0 Å². The van der Waals surface area contributed by atoms with Crippen molar-refractivity contribution in [3.63, 3.8) is 0 Å². The van der Waals surface area contributed by atoms with Crippen molar-refractivity contribution in [1.29, 1.82) is 0 Å². The highest BCUT2D eigenvalue weighted by Gasteiger charge is 2.15. The van der Waals surface area contributed by atoms with E-state index in [1.54, 1.807) is 30.3 Å². The number of hydrogen-bond donors (Lipinski definition) is 1. The van der Waals surface area contributed by atoms with Crippen LogP contribution in [0.15, 0.2) is 46.3 Å². The molecule has 0 fully saturated rings. The molecule has 2 rings (SSSR count). The third-order valence-corrected chi connectivity index (χ3v) is 3.19. The SMILES string of the molecule is C=Nc1cccc2cccc(S(=O)(=O)O)c12. The van der Waals surface area contributed by atoms with Crippen molar-refractivity contribution in [1.82, 2.24) is 0 Å². The fourth-order valence-electron chi connectivity index (χ4n) is 1.63. The molecule has 0 bridgehead atoms. The van der Waals surface area contributed by atoms with Gasteiger partial charge in [-0.3, -0.25) is 9.55 Å². The Hall–Kier alpha value is -1.72. The van der Waals surface area contributed by atoms with E-state index in [4.69, 9.17) is 4.55 Å². The van der Waals surface area contributed by atoms with Gasteiger partial charge in [0, 0.05) is 5.39 Å². The Morgan fingerprint density at radius 3 is 2.31 bits per heavy atom. The molecule has 16 heavy (non-hydrogen) atoms. The first-order valence-electron chi connectivity index (χ1n) is 4.50. The molecule has 0 saturated heterocycles. The highest BCUT2D eigenvalue weighted by molar-refractivity contribution is 7.86. The van der Waals surface area contributed by atoms with Crippen LogP contribution in [0.3, 0.4) is 0 Å². The normalized spacial score (nSPS) is 11.6. The van der Waals surface area contributed by atoms with Crippen LogP contribution in [0.4, 0.5) is 5.69 Å². The van der Waals surface area contributed by atoms with E-state index in [1.807, 2.05) is 0 Å². The summed E-state index contributed by atoms with van der Waals surface area (Å²) in [4.78, 5) is 3.60. The summed E-state index contributed by atoms with van der Waals surface area (Å²) in [5.74, 6) is 0. The van der Waals surface area contributed by atoms with Gasteiger partial charge in [-0.05, 0) is 24.2 Å². The summed E-state index contributed by atoms with van der Waals surface area (Å²) >= 11 is 0. The summed E-state index contributed by atoms with van der Waals surface area (Å²) in [6, 6.07) is 9.80. The van der Waals surface area contributed by atoms with Crippen molar-refractivity contribution in [2.45, 2.75) is 4.90 Å². The Balaban J connectivity index is 3.01. The minimum Gasteiger partial charge on any atom is -0.282 e. The minimum atomic E-state index is -4.25. The zero-order valence-corrected chi connectivity index (χ0v) is 9.11. The number of fused-ring (bicyclic) bond motifs is 1. The monoisotopic (exact) mass is 235 g/mol. The van der Waals surface area contributed by atoms with Crippen LogP contribution in [-0.2, 0) is 10.1 Å². The number of hydrogen-bond acceptors (Lipinski definition) is 3. The second-order valence-electron chi connectivity index (χ2n) is 3.26. The summed E-state index contributed by atoms with van der Waals surface area (Å²) in [6.07, 6.45) is 0.